The largest absolute Gasteiger partial charge is 0.279 e. The number of carbonyl (C=O) groups excluding carboxylic acids is 1. The van der Waals surface area contributed by atoms with Crippen LogP contribution in [0.4, 0.5) is 5.13 Å². The highest BCUT2D eigenvalue weighted by atomic mass is 32.1. The lowest BCUT2D eigenvalue weighted by molar-refractivity contribution is 0.0986. The van der Waals surface area contributed by atoms with Crippen molar-refractivity contribution in [2.45, 2.75) is 20.4 Å². The van der Waals surface area contributed by atoms with E-state index in [1.807, 2.05) is 54.6 Å². The number of hydrogen-bond acceptors (Lipinski definition) is 4. The Morgan fingerprint density at radius 2 is 1.84 bits per heavy atom. The normalized spacial score (nSPS) is 11.2. The first-order valence-electron chi connectivity index (χ1n) is 10.2. The summed E-state index contributed by atoms with van der Waals surface area (Å²) in [4.78, 5) is 24.7. The average molecular weight is 424 g/mol. The number of pyridine rings is 1. The van der Waals surface area contributed by atoms with Gasteiger partial charge in [-0.1, -0.05) is 59.9 Å². The van der Waals surface area contributed by atoms with Crippen molar-refractivity contribution in [3.05, 3.63) is 101 Å². The lowest BCUT2D eigenvalue weighted by atomic mass is 10.0. The maximum absolute atomic E-state index is 13.9. The zero-order valence-electron chi connectivity index (χ0n) is 17.4. The fourth-order valence-corrected chi connectivity index (χ4v) is 4.95. The zero-order valence-corrected chi connectivity index (χ0v) is 18.2. The van der Waals surface area contributed by atoms with Gasteiger partial charge in [-0.3, -0.25) is 14.7 Å². The van der Waals surface area contributed by atoms with Crippen molar-refractivity contribution >= 4 is 43.4 Å². The summed E-state index contributed by atoms with van der Waals surface area (Å²) in [7, 11) is 0. The lowest BCUT2D eigenvalue weighted by Crippen LogP contribution is -2.30. The highest BCUT2D eigenvalue weighted by molar-refractivity contribution is 7.22. The number of hydrogen-bond donors (Lipinski definition) is 0. The van der Waals surface area contributed by atoms with Gasteiger partial charge in [0.15, 0.2) is 5.13 Å². The van der Waals surface area contributed by atoms with E-state index in [4.69, 9.17) is 4.98 Å². The monoisotopic (exact) mass is 423 g/mol. The molecule has 5 aromatic rings. The van der Waals surface area contributed by atoms with Crippen LogP contribution in [0.15, 0.2) is 79.1 Å². The minimum Gasteiger partial charge on any atom is -0.279 e. The lowest BCUT2D eigenvalue weighted by Gasteiger charge is -2.21. The molecule has 0 radical (unpaired) electrons. The molecule has 2 aromatic heterocycles. The van der Waals surface area contributed by atoms with E-state index in [9.17, 15) is 4.79 Å². The first-order valence-corrected chi connectivity index (χ1v) is 11.0. The third kappa shape index (κ3) is 3.68. The van der Waals surface area contributed by atoms with Gasteiger partial charge in [-0.2, -0.15) is 0 Å². The van der Waals surface area contributed by atoms with Crippen molar-refractivity contribution < 1.29 is 4.79 Å². The standard InChI is InChI=1S/C26H21N3OS/c1-17-13-18(2)24-23(14-17)28-26(31-24)29(16-19-7-6-12-27-15-19)25(30)22-11-5-9-20-8-3-4-10-21(20)22/h3-15H,16H2,1-2H3. The number of carbonyl (C=O) groups is 1. The second-order valence-electron chi connectivity index (χ2n) is 7.71. The van der Waals surface area contributed by atoms with Gasteiger partial charge in [0.1, 0.15) is 0 Å². The Morgan fingerprint density at radius 1 is 1.00 bits per heavy atom. The van der Waals surface area contributed by atoms with Gasteiger partial charge >= 0.3 is 0 Å². The van der Waals surface area contributed by atoms with Crippen LogP contribution >= 0.6 is 11.3 Å². The number of anilines is 1. The highest BCUT2D eigenvalue weighted by Crippen LogP contribution is 2.34. The van der Waals surface area contributed by atoms with Crippen LogP contribution in [0.3, 0.4) is 0 Å². The number of aromatic nitrogens is 2. The Labute approximate surface area is 184 Å². The summed E-state index contributed by atoms with van der Waals surface area (Å²) in [5, 5.41) is 2.69. The molecule has 0 saturated heterocycles. The van der Waals surface area contributed by atoms with E-state index >= 15 is 0 Å². The van der Waals surface area contributed by atoms with Crippen LogP contribution < -0.4 is 4.90 Å². The zero-order chi connectivity index (χ0) is 21.4. The van der Waals surface area contributed by atoms with E-state index < -0.39 is 0 Å². The average Bonchev–Trinajstić information content (AvgIpc) is 3.21. The molecule has 0 aliphatic rings. The number of fused-ring (bicyclic) bond motifs is 2. The van der Waals surface area contributed by atoms with Gasteiger partial charge < -0.3 is 0 Å². The van der Waals surface area contributed by atoms with E-state index in [-0.39, 0.29) is 5.91 Å². The van der Waals surface area contributed by atoms with Gasteiger partial charge in [-0.15, -0.1) is 0 Å². The van der Waals surface area contributed by atoms with Crippen LogP contribution in [0.1, 0.15) is 27.0 Å². The summed E-state index contributed by atoms with van der Waals surface area (Å²) in [5.74, 6) is -0.0610. The van der Waals surface area contributed by atoms with Crippen molar-refractivity contribution in [3.63, 3.8) is 0 Å². The van der Waals surface area contributed by atoms with Crippen LogP contribution in [-0.4, -0.2) is 15.9 Å². The number of thiazole rings is 1. The van der Waals surface area contributed by atoms with Gasteiger partial charge in [0, 0.05) is 18.0 Å². The Hall–Kier alpha value is -3.57. The fraction of sp³-hybridized carbons (Fsp3) is 0.115. The Balaban J connectivity index is 1.65. The quantitative estimate of drug-likeness (QED) is 0.340. The topological polar surface area (TPSA) is 46.1 Å². The van der Waals surface area contributed by atoms with Crippen molar-refractivity contribution in [1.29, 1.82) is 0 Å². The molecule has 5 heteroatoms. The van der Waals surface area contributed by atoms with E-state index in [0.29, 0.717) is 17.2 Å². The number of rotatable bonds is 4. The first kappa shape index (κ1) is 19.4. The smallest absolute Gasteiger partial charge is 0.261 e. The van der Waals surface area contributed by atoms with Gasteiger partial charge in [0.25, 0.3) is 5.91 Å². The van der Waals surface area contributed by atoms with Gasteiger partial charge in [-0.05, 0) is 59.5 Å². The Bertz CT molecular complexity index is 1400. The second kappa shape index (κ2) is 7.93. The van der Waals surface area contributed by atoms with E-state index in [1.54, 1.807) is 28.6 Å². The molecule has 0 fully saturated rings. The molecule has 1 amide bonds. The minimum absolute atomic E-state index is 0.0610. The minimum atomic E-state index is -0.0610. The van der Waals surface area contributed by atoms with Gasteiger partial charge in [0.05, 0.1) is 16.8 Å². The summed E-state index contributed by atoms with van der Waals surface area (Å²) in [6, 6.07) is 21.9. The molecule has 0 bridgehead atoms. The van der Waals surface area contributed by atoms with E-state index in [1.165, 1.54) is 11.1 Å². The second-order valence-corrected chi connectivity index (χ2v) is 8.68. The van der Waals surface area contributed by atoms with Crippen LogP contribution in [0, 0.1) is 13.8 Å². The summed E-state index contributed by atoms with van der Waals surface area (Å²) in [5.41, 5.74) is 4.91. The molecule has 152 valence electrons. The van der Waals surface area contributed by atoms with E-state index in [0.717, 1.165) is 26.6 Å². The number of aryl methyl sites for hydroxylation is 2. The third-order valence-corrected chi connectivity index (χ3v) is 6.60. The molecule has 4 nitrogen and oxygen atoms in total. The number of amides is 1. The Morgan fingerprint density at radius 3 is 2.68 bits per heavy atom. The maximum atomic E-state index is 13.9. The molecule has 0 aliphatic heterocycles. The van der Waals surface area contributed by atoms with Gasteiger partial charge in [0.2, 0.25) is 0 Å². The molecule has 0 N–H and O–H groups in total. The molecule has 0 saturated carbocycles. The summed E-state index contributed by atoms with van der Waals surface area (Å²) >= 11 is 1.56. The molecular weight excluding hydrogens is 402 g/mol. The molecule has 0 aliphatic carbocycles. The van der Waals surface area contributed by atoms with Crippen molar-refractivity contribution in [1.82, 2.24) is 9.97 Å². The van der Waals surface area contributed by atoms with Gasteiger partial charge in [-0.25, -0.2) is 4.98 Å². The molecule has 3 aromatic carbocycles. The molecule has 2 heterocycles. The molecule has 31 heavy (non-hydrogen) atoms. The number of nitrogens with zero attached hydrogens (tertiary/aromatic N) is 3. The number of benzene rings is 3. The van der Waals surface area contributed by atoms with Crippen LogP contribution in [0.25, 0.3) is 21.0 Å². The molecular formula is C26H21N3OS. The molecule has 0 spiro atoms. The third-order valence-electron chi connectivity index (χ3n) is 5.37. The maximum Gasteiger partial charge on any atom is 0.261 e. The Kier molecular flexibility index (Phi) is 4.96. The van der Waals surface area contributed by atoms with Crippen LogP contribution in [0.5, 0.6) is 0 Å². The first-order chi connectivity index (χ1) is 15.1. The SMILES string of the molecule is Cc1cc(C)c2sc(N(Cc3cccnc3)C(=O)c3cccc4ccccc34)nc2c1. The molecule has 5 rings (SSSR count). The van der Waals surface area contributed by atoms with Crippen molar-refractivity contribution in [2.24, 2.45) is 0 Å². The highest BCUT2D eigenvalue weighted by Gasteiger charge is 2.23. The van der Waals surface area contributed by atoms with Crippen molar-refractivity contribution in [2.75, 3.05) is 4.90 Å². The predicted octanol–water partition coefficient (Wildman–Crippen LogP) is 6.31. The molecule has 0 unspecified atom stereocenters. The fourth-order valence-electron chi connectivity index (χ4n) is 3.94. The molecule has 0 atom stereocenters. The summed E-state index contributed by atoms with van der Waals surface area (Å²) in [6.45, 7) is 4.57. The summed E-state index contributed by atoms with van der Waals surface area (Å²) in [6.07, 6.45) is 3.54. The van der Waals surface area contributed by atoms with Crippen LogP contribution in [-0.2, 0) is 6.54 Å². The van der Waals surface area contributed by atoms with Crippen molar-refractivity contribution in [3.8, 4) is 0 Å². The predicted molar refractivity (Wildman–Crippen MR) is 128 cm³/mol. The van der Waals surface area contributed by atoms with E-state index in [2.05, 4.69) is 31.0 Å². The van der Waals surface area contributed by atoms with Crippen LogP contribution in [0.2, 0.25) is 0 Å². The summed E-state index contributed by atoms with van der Waals surface area (Å²) < 4.78 is 1.11.